The normalized spacial score (nSPS) is 18.3. The molecule has 0 aliphatic carbocycles. The Morgan fingerprint density at radius 2 is 1.63 bits per heavy atom. The highest BCUT2D eigenvalue weighted by atomic mass is 16.6. The summed E-state index contributed by atoms with van der Waals surface area (Å²) in [5.41, 5.74) is 0.569. The molecule has 0 aromatic heterocycles. The molecule has 35 heavy (non-hydrogen) atoms. The fourth-order valence-electron chi connectivity index (χ4n) is 4.65. The summed E-state index contributed by atoms with van der Waals surface area (Å²) in [5, 5.41) is 2.84. The first-order valence-electron chi connectivity index (χ1n) is 13.2. The van der Waals surface area contributed by atoms with Crippen molar-refractivity contribution in [2.45, 2.75) is 58.7 Å². The molecule has 2 aliphatic rings. The molecule has 0 radical (unpaired) electrons. The van der Waals surface area contributed by atoms with Gasteiger partial charge in [-0.15, -0.1) is 0 Å². The zero-order chi connectivity index (χ0) is 25.1. The number of amides is 2. The highest BCUT2D eigenvalue weighted by Gasteiger charge is 2.26. The average Bonchev–Trinajstić information content (AvgIpc) is 2.83. The predicted molar refractivity (Wildman–Crippen MR) is 137 cm³/mol. The lowest BCUT2D eigenvalue weighted by atomic mass is 9.95. The number of nitrogens with one attached hydrogen (secondary N) is 1. The van der Waals surface area contributed by atoms with E-state index in [-0.39, 0.29) is 12.2 Å². The van der Waals surface area contributed by atoms with Crippen molar-refractivity contribution in [2.75, 3.05) is 58.9 Å². The van der Waals surface area contributed by atoms with E-state index in [1.807, 2.05) is 56.0 Å². The fourth-order valence-corrected chi connectivity index (χ4v) is 4.65. The van der Waals surface area contributed by atoms with Gasteiger partial charge in [0.15, 0.2) is 0 Å². The number of likely N-dealkylation sites (tertiary alicyclic amines) is 1. The number of carbonyl (C=O) groups is 2. The molecule has 3 rings (SSSR count). The van der Waals surface area contributed by atoms with E-state index in [4.69, 9.17) is 9.47 Å². The summed E-state index contributed by atoms with van der Waals surface area (Å²) >= 11 is 0. The van der Waals surface area contributed by atoms with E-state index in [1.165, 1.54) is 12.8 Å². The van der Waals surface area contributed by atoms with Gasteiger partial charge in [-0.1, -0.05) is 30.3 Å². The Balaban J connectivity index is 1.21. The third-order valence-electron chi connectivity index (χ3n) is 6.63. The van der Waals surface area contributed by atoms with Crippen LogP contribution in [0.15, 0.2) is 30.3 Å². The van der Waals surface area contributed by atoms with Crippen LogP contribution < -0.4 is 5.32 Å². The number of benzene rings is 1. The number of piperidine rings is 1. The average molecular weight is 489 g/mol. The standard InChI is InChI=1S/C27H44N4O4/c1-27(2,3)35-25(32)28-13-7-8-14-29-15-11-23(12-16-29)21-30-17-19-31(20-18-30)26(33)34-22-24-9-5-4-6-10-24/h4-6,9-10,23H,7-8,11-22H2,1-3H3,(H,28,32). The van der Waals surface area contributed by atoms with E-state index < -0.39 is 5.60 Å². The molecular formula is C27H44N4O4. The fraction of sp³-hybridized carbons (Fsp3) is 0.704. The third kappa shape index (κ3) is 10.4. The minimum absolute atomic E-state index is 0.205. The van der Waals surface area contributed by atoms with Crippen molar-refractivity contribution in [1.82, 2.24) is 20.0 Å². The maximum Gasteiger partial charge on any atom is 0.410 e. The molecule has 1 N–H and O–H groups in total. The van der Waals surface area contributed by atoms with Gasteiger partial charge >= 0.3 is 12.2 Å². The molecule has 196 valence electrons. The maximum absolute atomic E-state index is 12.4. The molecule has 1 aromatic rings. The van der Waals surface area contributed by atoms with Crippen molar-refractivity contribution in [3.8, 4) is 0 Å². The number of hydrogen-bond donors (Lipinski definition) is 1. The predicted octanol–water partition coefficient (Wildman–Crippen LogP) is 3.96. The highest BCUT2D eigenvalue weighted by molar-refractivity contribution is 5.68. The van der Waals surface area contributed by atoms with Gasteiger partial charge in [0.1, 0.15) is 12.2 Å². The zero-order valence-electron chi connectivity index (χ0n) is 21.8. The summed E-state index contributed by atoms with van der Waals surface area (Å²) in [6, 6.07) is 9.82. The maximum atomic E-state index is 12.4. The van der Waals surface area contributed by atoms with Crippen LogP contribution in [0.3, 0.4) is 0 Å². The Hall–Kier alpha value is -2.32. The van der Waals surface area contributed by atoms with Crippen molar-refractivity contribution in [3.63, 3.8) is 0 Å². The number of ether oxygens (including phenoxy) is 2. The lowest BCUT2D eigenvalue weighted by molar-refractivity contribution is 0.0524. The van der Waals surface area contributed by atoms with Crippen LogP contribution in [0, 0.1) is 5.92 Å². The first-order valence-corrected chi connectivity index (χ1v) is 13.2. The molecule has 2 saturated heterocycles. The Labute approximate surface area is 210 Å². The molecule has 8 heteroatoms. The quantitative estimate of drug-likeness (QED) is 0.531. The number of nitrogens with zero attached hydrogens (tertiary/aromatic N) is 3. The van der Waals surface area contributed by atoms with Crippen LogP contribution >= 0.6 is 0 Å². The van der Waals surface area contributed by atoms with E-state index in [9.17, 15) is 9.59 Å². The van der Waals surface area contributed by atoms with Gasteiger partial charge in [0.2, 0.25) is 0 Å². The van der Waals surface area contributed by atoms with Crippen LogP contribution in [0.1, 0.15) is 52.0 Å². The summed E-state index contributed by atoms with van der Waals surface area (Å²) in [4.78, 5) is 30.9. The number of piperazine rings is 1. The highest BCUT2D eigenvalue weighted by Crippen LogP contribution is 2.20. The molecule has 0 saturated carbocycles. The summed E-state index contributed by atoms with van der Waals surface area (Å²) in [5.74, 6) is 0.733. The Kier molecular flexibility index (Phi) is 10.7. The topological polar surface area (TPSA) is 74.4 Å². The van der Waals surface area contributed by atoms with Gasteiger partial charge in [-0.05, 0) is 77.6 Å². The molecule has 8 nitrogen and oxygen atoms in total. The number of hydrogen-bond acceptors (Lipinski definition) is 6. The number of unbranched alkanes of at least 4 members (excludes halogenated alkanes) is 1. The molecule has 2 heterocycles. The molecule has 0 atom stereocenters. The summed E-state index contributed by atoms with van der Waals surface area (Å²) < 4.78 is 10.7. The van der Waals surface area contributed by atoms with E-state index in [2.05, 4.69) is 15.1 Å². The van der Waals surface area contributed by atoms with Crippen molar-refractivity contribution in [1.29, 1.82) is 0 Å². The second-order valence-electron chi connectivity index (χ2n) is 10.7. The molecule has 2 aliphatic heterocycles. The van der Waals surface area contributed by atoms with E-state index in [0.717, 1.165) is 76.7 Å². The SMILES string of the molecule is CC(C)(C)OC(=O)NCCCCN1CCC(CN2CCN(C(=O)OCc3ccccc3)CC2)CC1. The minimum Gasteiger partial charge on any atom is -0.445 e. The summed E-state index contributed by atoms with van der Waals surface area (Å²) in [6.07, 6.45) is 3.98. The van der Waals surface area contributed by atoms with Crippen LogP contribution in [0.4, 0.5) is 9.59 Å². The zero-order valence-corrected chi connectivity index (χ0v) is 21.8. The van der Waals surface area contributed by atoms with Crippen molar-refractivity contribution < 1.29 is 19.1 Å². The molecule has 1 aromatic carbocycles. The van der Waals surface area contributed by atoms with E-state index in [0.29, 0.717) is 13.2 Å². The van der Waals surface area contributed by atoms with Crippen LogP contribution in [-0.4, -0.2) is 91.4 Å². The lowest BCUT2D eigenvalue weighted by Gasteiger charge is -2.38. The Bertz CT molecular complexity index is 767. The van der Waals surface area contributed by atoms with Crippen LogP contribution in [0.25, 0.3) is 0 Å². The van der Waals surface area contributed by atoms with Crippen molar-refractivity contribution in [3.05, 3.63) is 35.9 Å². The van der Waals surface area contributed by atoms with Crippen molar-refractivity contribution >= 4 is 12.2 Å². The molecule has 0 spiro atoms. The first-order chi connectivity index (χ1) is 16.8. The molecule has 2 amide bonds. The van der Waals surface area contributed by atoms with Gasteiger partial charge in [0.05, 0.1) is 0 Å². The summed E-state index contributed by atoms with van der Waals surface area (Å²) in [6.45, 7) is 14.5. The van der Waals surface area contributed by atoms with Gasteiger partial charge in [0, 0.05) is 39.3 Å². The summed E-state index contributed by atoms with van der Waals surface area (Å²) in [7, 11) is 0. The number of carbonyl (C=O) groups excluding carboxylic acids is 2. The number of rotatable bonds is 9. The van der Waals surface area contributed by atoms with E-state index >= 15 is 0 Å². The largest absolute Gasteiger partial charge is 0.445 e. The number of alkyl carbamates (subject to hydrolysis) is 1. The second-order valence-corrected chi connectivity index (χ2v) is 10.7. The van der Waals surface area contributed by atoms with Crippen molar-refractivity contribution in [2.24, 2.45) is 5.92 Å². The Morgan fingerprint density at radius 3 is 2.29 bits per heavy atom. The molecule has 2 fully saturated rings. The van der Waals surface area contributed by atoms with Gasteiger partial charge < -0.3 is 24.6 Å². The second kappa shape index (κ2) is 13.7. The smallest absolute Gasteiger partial charge is 0.410 e. The first kappa shape index (κ1) is 27.3. The molecular weight excluding hydrogens is 444 g/mol. The van der Waals surface area contributed by atoms with Gasteiger partial charge in [-0.2, -0.15) is 0 Å². The van der Waals surface area contributed by atoms with Crippen LogP contribution in [0.5, 0.6) is 0 Å². The van der Waals surface area contributed by atoms with Gasteiger partial charge in [-0.25, -0.2) is 9.59 Å². The minimum atomic E-state index is -0.448. The van der Waals surface area contributed by atoms with E-state index in [1.54, 1.807) is 0 Å². The monoisotopic (exact) mass is 488 g/mol. The lowest BCUT2D eigenvalue weighted by Crippen LogP contribution is -2.50. The van der Waals surface area contributed by atoms with Gasteiger partial charge in [-0.3, -0.25) is 4.90 Å². The third-order valence-corrected chi connectivity index (χ3v) is 6.63. The van der Waals surface area contributed by atoms with Gasteiger partial charge in [0.25, 0.3) is 0 Å². The van der Waals surface area contributed by atoms with Crippen LogP contribution in [0.2, 0.25) is 0 Å². The molecule has 0 unspecified atom stereocenters. The van der Waals surface area contributed by atoms with Crippen LogP contribution in [-0.2, 0) is 16.1 Å². The molecule has 0 bridgehead atoms. The Morgan fingerprint density at radius 1 is 0.943 bits per heavy atom.